The molecular weight excluding hydrogens is 336 g/mol. The van der Waals surface area contributed by atoms with Crippen molar-refractivity contribution < 1.29 is 0 Å². The quantitative estimate of drug-likeness (QED) is 0.654. The Morgan fingerprint density at radius 3 is 2.43 bits per heavy atom. The predicted octanol–water partition coefficient (Wildman–Crippen LogP) is 1.24. The Bertz CT molecular complexity index is 937. The maximum atomic E-state index is 12.4. The Kier molecular flexibility index (Phi) is 3.29. The van der Waals surface area contributed by atoms with Gasteiger partial charge in [-0.05, 0) is 21.5 Å². The molecule has 7 heteroatoms. The van der Waals surface area contributed by atoms with Crippen molar-refractivity contribution in [2.75, 3.05) is 0 Å². The van der Waals surface area contributed by atoms with Crippen LogP contribution in [-0.2, 0) is 20.6 Å². The molecule has 0 aliphatic rings. The molecule has 6 nitrogen and oxygen atoms in total. The van der Waals surface area contributed by atoms with E-state index in [4.69, 9.17) is 0 Å². The molecule has 0 bridgehead atoms. The highest BCUT2D eigenvalue weighted by Crippen LogP contribution is 2.18. The first-order valence-corrected chi connectivity index (χ1v) is 7.15. The van der Waals surface area contributed by atoms with E-state index in [9.17, 15) is 9.59 Å². The van der Waals surface area contributed by atoms with Gasteiger partial charge in [0, 0.05) is 14.1 Å². The fraction of sp³-hybridized carbons (Fsp3) is 0.214. The van der Waals surface area contributed by atoms with Gasteiger partial charge < -0.3 is 4.57 Å². The molecule has 3 aromatic rings. The van der Waals surface area contributed by atoms with Gasteiger partial charge in [0.05, 0.1) is 6.54 Å². The normalized spacial score (nSPS) is 11.2. The summed E-state index contributed by atoms with van der Waals surface area (Å²) in [6.07, 6.45) is 0. The molecule has 1 aromatic carbocycles. The van der Waals surface area contributed by atoms with E-state index in [0.29, 0.717) is 22.4 Å². The smallest absolute Gasteiger partial charge is 0.308 e. The van der Waals surface area contributed by atoms with Gasteiger partial charge in [0.1, 0.15) is 0 Å². The monoisotopic (exact) mass is 348 g/mol. The maximum absolute atomic E-state index is 12.4. The number of halogens is 1. The van der Waals surface area contributed by atoms with Crippen molar-refractivity contribution in [2.45, 2.75) is 6.54 Å². The largest absolute Gasteiger partial charge is 0.332 e. The van der Waals surface area contributed by atoms with E-state index in [1.165, 1.54) is 11.6 Å². The summed E-state index contributed by atoms with van der Waals surface area (Å²) >= 11 is 3.37. The molecule has 0 amide bonds. The van der Waals surface area contributed by atoms with Crippen molar-refractivity contribution in [2.24, 2.45) is 14.1 Å². The Morgan fingerprint density at radius 1 is 1.10 bits per heavy atom. The molecule has 0 atom stereocenters. The fourth-order valence-corrected chi connectivity index (χ4v) is 2.80. The minimum atomic E-state index is -0.385. The van der Waals surface area contributed by atoms with Crippen LogP contribution < -0.4 is 11.2 Å². The molecule has 0 fully saturated rings. The second-order valence-electron chi connectivity index (χ2n) is 4.83. The zero-order valence-corrected chi connectivity index (χ0v) is 13.2. The number of aromatic nitrogens is 4. The minimum Gasteiger partial charge on any atom is -0.308 e. The SMILES string of the molecule is Cn1c(=O)c2c(nc(Br)n2Cc2ccccc2)n(C)c1=O. The lowest BCUT2D eigenvalue weighted by molar-refractivity contribution is 0.702. The highest BCUT2D eigenvalue weighted by Gasteiger charge is 2.17. The average Bonchev–Trinajstić information content (AvgIpc) is 2.81. The number of hydrogen-bond acceptors (Lipinski definition) is 3. The average molecular weight is 349 g/mol. The molecule has 2 heterocycles. The van der Waals surface area contributed by atoms with Gasteiger partial charge in [-0.3, -0.25) is 13.9 Å². The molecule has 2 aromatic heterocycles. The number of imidazole rings is 1. The van der Waals surface area contributed by atoms with Crippen LogP contribution >= 0.6 is 15.9 Å². The third-order valence-corrected chi connectivity index (χ3v) is 4.09. The number of nitrogens with zero attached hydrogens (tertiary/aromatic N) is 4. The zero-order valence-electron chi connectivity index (χ0n) is 11.6. The second kappa shape index (κ2) is 5.00. The van der Waals surface area contributed by atoms with E-state index in [0.717, 1.165) is 10.1 Å². The van der Waals surface area contributed by atoms with Crippen LogP contribution in [0.4, 0.5) is 0 Å². The van der Waals surface area contributed by atoms with Crippen molar-refractivity contribution in [3.8, 4) is 0 Å². The summed E-state index contributed by atoms with van der Waals surface area (Å²) in [5.74, 6) is 0. The molecule has 0 saturated heterocycles. The maximum Gasteiger partial charge on any atom is 0.332 e. The Morgan fingerprint density at radius 2 is 1.76 bits per heavy atom. The summed E-state index contributed by atoms with van der Waals surface area (Å²) in [6, 6.07) is 9.77. The first-order valence-electron chi connectivity index (χ1n) is 6.36. The molecule has 3 rings (SSSR count). The lowest BCUT2D eigenvalue weighted by atomic mass is 10.2. The highest BCUT2D eigenvalue weighted by atomic mass is 79.9. The second-order valence-corrected chi connectivity index (χ2v) is 5.54. The van der Waals surface area contributed by atoms with Crippen LogP contribution in [-0.4, -0.2) is 18.7 Å². The molecule has 0 radical (unpaired) electrons. The van der Waals surface area contributed by atoms with Gasteiger partial charge in [-0.15, -0.1) is 0 Å². The van der Waals surface area contributed by atoms with Gasteiger partial charge in [-0.2, -0.15) is 0 Å². The van der Waals surface area contributed by atoms with Crippen LogP contribution in [0.3, 0.4) is 0 Å². The van der Waals surface area contributed by atoms with Crippen LogP contribution in [0.5, 0.6) is 0 Å². The molecule has 0 aliphatic carbocycles. The first-order chi connectivity index (χ1) is 10.0. The third-order valence-electron chi connectivity index (χ3n) is 3.48. The molecular formula is C14H13BrN4O2. The van der Waals surface area contributed by atoms with E-state index >= 15 is 0 Å². The summed E-state index contributed by atoms with van der Waals surface area (Å²) < 4.78 is 4.77. The van der Waals surface area contributed by atoms with Crippen LogP contribution in [0.15, 0.2) is 44.7 Å². The Labute approximate surface area is 128 Å². The number of hydrogen-bond donors (Lipinski definition) is 0. The van der Waals surface area contributed by atoms with Gasteiger partial charge in [0.15, 0.2) is 15.9 Å². The number of fused-ring (bicyclic) bond motifs is 1. The topological polar surface area (TPSA) is 61.8 Å². The van der Waals surface area contributed by atoms with Crippen LogP contribution in [0.25, 0.3) is 11.2 Å². The molecule has 0 unspecified atom stereocenters. The predicted molar refractivity (Wildman–Crippen MR) is 83.5 cm³/mol. The van der Waals surface area contributed by atoms with Gasteiger partial charge in [0.25, 0.3) is 5.56 Å². The van der Waals surface area contributed by atoms with E-state index in [1.807, 2.05) is 30.3 Å². The van der Waals surface area contributed by atoms with E-state index in [1.54, 1.807) is 11.6 Å². The third kappa shape index (κ3) is 2.13. The zero-order chi connectivity index (χ0) is 15.1. The Balaban J connectivity index is 2.32. The summed E-state index contributed by atoms with van der Waals surface area (Å²) in [4.78, 5) is 28.6. The molecule has 108 valence electrons. The minimum absolute atomic E-state index is 0.345. The lowest BCUT2D eigenvalue weighted by Gasteiger charge is -2.07. The van der Waals surface area contributed by atoms with Gasteiger partial charge in [0.2, 0.25) is 0 Å². The number of rotatable bonds is 2. The molecule has 0 saturated carbocycles. The fourth-order valence-electron chi connectivity index (χ4n) is 2.33. The molecule has 0 spiro atoms. The van der Waals surface area contributed by atoms with Gasteiger partial charge in [-0.25, -0.2) is 9.78 Å². The first kappa shape index (κ1) is 13.8. The summed E-state index contributed by atoms with van der Waals surface area (Å²) in [7, 11) is 3.08. The van der Waals surface area contributed by atoms with Crippen molar-refractivity contribution in [1.29, 1.82) is 0 Å². The van der Waals surface area contributed by atoms with E-state index in [-0.39, 0.29) is 11.2 Å². The van der Waals surface area contributed by atoms with Crippen LogP contribution in [0, 0.1) is 0 Å². The van der Waals surface area contributed by atoms with E-state index < -0.39 is 0 Å². The van der Waals surface area contributed by atoms with Crippen molar-refractivity contribution in [1.82, 2.24) is 18.7 Å². The molecule has 0 aliphatic heterocycles. The Hall–Kier alpha value is -2.15. The van der Waals surface area contributed by atoms with Crippen molar-refractivity contribution in [3.63, 3.8) is 0 Å². The highest BCUT2D eigenvalue weighted by molar-refractivity contribution is 9.10. The number of aryl methyl sites for hydroxylation is 1. The van der Waals surface area contributed by atoms with Crippen LogP contribution in [0.1, 0.15) is 5.56 Å². The van der Waals surface area contributed by atoms with Gasteiger partial charge in [-0.1, -0.05) is 30.3 Å². The molecule has 21 heavy (non-hydrogen) atoms. The van der Waals surface area contributed by atoms with Crippen LogP contribution in [0.2, 0.25) is 0 Å². The lowest BCUT2D eigenvalue weighted by Crippen LogP contribution is -2.37. The van der Waals surface area contributed by atoms with Crippen molar-refractivity contribution in [3.05, 3.63) is 61.5 Å². The summed E-state index contributed by atoms with van der Waals surface area (Å²) in [6.45, 7) is 0.505. The summed E-state index contributed by atoms with van der Waals surface area (Å²) in [5, 5.41) is 0. The number of benzene rings is 1. The summed E-state index contributed by atoms with van der Waals surface area (Å²) in [5.41, 5.74) is 1.11. The standard InChI is InChI=1S/C14H13BrN4O2/c1-17-11-10(12(20)18(2)14(17)21)19(13(15)16-11)8-9-6-4-3-5-7-9/h3-7H,8H2,1-2H3. The molecule has 0 N–H and O–H groups in total. The van der Waals surface area contributed by atoms with Crippen molar-refractivity contribution >= 4 is 27.1 Å². The van der Waals surface area contributed by atoms with Gasteiger partial charge >= 0.3 is 5.69 Å². The van der Waals surface area contributed by atoms with E-state index in [2.05, 4.69) is 20.9 Å².